The van der Waals surface area contributed by atoms with E-state index >= 15 is 0 Å². The van der Waals surface area contributed by atoms with Crippen molar-refractivity contribution < 1.29 is 13.2 Å². The Labute approximate surface area is 194 Å². The molecule has 7 heteroatoms. The van der Waals surface area contributed by atoms with Gasteiger partial charge in [-0.3, -0.25) is 4.79 Å². The van der Waals surface area contributed by atoms with Gasteiger partial charge in [0.25, 0.3) is 0 Å². The van der Waals surface area contributed by atoms with E-state index in [1.165, 1.54) is 4.31 Å². The van der Waals surface area contributed by atoms with Gasteiger partial charge >= 0.3 is 0 Å². The number of nitrogens with zero attached hydrogens (tertiary/aromatic N) is 2. The summed E-state index contributed by atoms with van der Waals surface area (Å²) in [6, 6.07) is 21.4. The van der Waals surface area contributed by atoms with Crippen molar-refractivity contribution in [2.75, 3.05) is 11.4 Å². The van der Waals surface area contributed by atoms with Gasteiger partial charge in [-0.25, -0.2) is 8.42 Å². The molecule has 0 spiro atoms. The predicted molar refractivity (Wildman–Crippen MR) is 127 cm³/mol. The number of aryl methyl sites for hydroxylation is 1. The minimum absolute atomic E-state index is 0.0324. The van der Waals surface area contributed by atoms with Gasteiger partial charge in [-0.1, -0.05) is 59.6 Å². The van der Waals surface area contributed by atoms with E-state index in [1.54, 1.807) is 47.4 Å². The highest BCUT2D eigenvalue weighted by Gasteiger charge is 2.34. The summed E-state index contributed by atoms with van der Waals surface area (Å²) in [7, 11) is -3.91. The third-order valence-electron chi connectivity index (χ3n) is 5.69. The largest absolute Gasteiger partial charge is 0.308 e. The molecule has 1 heterocycles. The van der Waals surface area contributed by atoms with E-state index in [0.717, 1.165) is 28.8 Å². The maximum atomic E-state index is 13.5. The highest BCUT2D eigenvalue weighted by Crippen LogP contribution is 2.32. The molecular weight excluding hydrogens is 444 g/mol. The molecule has 32 heavy (non-hydrogen) atoms. The molecule has 0 saturated heterocycles. The second kappa shape index (κ2) is 9.06. The molecule has 0 bridgehead atoms. The molecule has 166 valence electrons. The lowest BCUT2D eigenvalue weighted by molar-refractivity contribution is -0.119. The Hall–Kier alpha value is -2.67. The molecular formula is C25H25ClN2O3S. The van der Waals surface area contributed by atoms with Gasteiger partial charge in [0, 0.05) is 23.3 Å². The van der Waals surface area contributed by atoms with Gasteiger partial charge in [0.2, 0.25) is 15.9 Å². The molecule has 1 aliphatic heterocycles. The number of rotatable bonds is 6. The number of para-hydroxylation sites is 1. The van der Waals surface area contributed by atoms with Crippen LogP contribution in [-0.4, -0.2) is 31.2 Å². The molecule has 3 aromatic carbocycles. The van der Waals surface area contributed by atoms with E-state index in [-0.39, 0.29) is 29.9 Å². The first-order valence-corrected chi connectivity index (χ1v) is 12.3. The van der Waals surface area contributed by atoms with Crippen LogP contribution in [0.2, 0.25) is 5.02 Å². The number of carbonyl (C=O) groups excluding carboxylic acids is 1. The molecule has 0 radical (unpaired) electrons. The van der Waals surface area contributed by atoms with Gasteiger partial charge in [0.1, 0.15) is 0 Å². The first kappa shape index (κ1) is 22.5. The Balaban J connectivity index is 1.68. The summed E-state index contributed by atoms with van der Waals surface area (Å²) < 4.78 is 28.3. The summed E-state index contributed by atoms with van der Waals surface area (Å²) in [4.78, 5) is 15.3. The van der Waals surface area contributed by atoms with Gasteiger partial charge in [-0.2, -0.15) is 4.31 Å². The Morgan fingerprint density at radius 2 is 1.78 bits per heavy atom. The van der Waals surface area contributed by atoms with Gasteiger partial charge in [-0.05, 0) is 61.7 Å². The smallest absolute Gasteiger partial charge is 0.243 e. The molecule has 1 aliphatic rings. The number of amides is 1. The van der Waals surface area contributed by atoms with Crippen LogP contribution < -0.4 is 4.90 Å². The van der Waals surface area contributed by atoms with Gasteiger partial charge in [0.15, 0.2) is 0 Å². The average Bonchev–Trinajstić information content (AvgIpc) is 3.09. The number of sulfonamides is 1. The lowest BCUT2D eigenvalue weighted by Gasteiger charge is -2.27. The average molecular weight is 469 g/mol. The molecule has 1 atom stereocenters. The quantitative estimate of drug-likeness (QED) is 0.521. The fraction of sp³-hybridized carbons (Fsp3) is 0.240. The first-order valence-electron chi connectivity index (χ1n) is 10.5. The van der Waals surface area contributed by atoms with Crippen LogP contribution >= 0.6 is 11.6 Å². The summed E-state index contributed by atoms with van der Waals surface area (Å²) >= 11 is 6.12. The number of hydrogen-bond donors (Lipinski definition) is 0. The van der Waals surface area contributed by atoms with E-state index in [0.29, 0.717) is 5.02 Å². The van der Waals surface area contributed by atoms with E-state index in [2.05, 4.69) is 0 Å². The van der Waals surface area contributed by atoms with Crippen molar-refractivity contribution in [3.63, 3.8) is 0 Å². The van der Waals surface area contributed by atoms with Gasteiger partial charge in [-0.15, -0.1) is 0 Å². The maximum absolute atomic E-state index is 13.5. The molecule has 4 rings (SSSR count). The van der Waals surface area contributed by atoms with E-state index < -0.39 is 10.0 Å². The number of anilines is 1. The van der Waals surface area contributed by atoms with Crippen molar-refractivity contribution in [1.29, 1.82) is 0 Å². The zero-order valence-corrected chi connectivity index (χ0v) is 19.6. The Morgan fingerprint density at radius 3 is 2.50 bits per heavy atom. The molecule has 5 nitrogen and oxygen atoms in total. The highest BCUT2D eigenvalue weighted by atomic mass is 35.5. The second-order valence-electron chi connectivity index (χ2n) is 8.16. The molecule has 0 saturated carbocycles. The molecule has 0 fully saturated rings. The molecule has 0 aromatic heterocycles. The summed E-state index contributed by atoms with van der Waals surface area (Å²) in [5.74, 6) is -0.250. The summed E-state index contributed by atoms with van der Waals surface area (Å²) in [5, 5.41) is 0.517. The minimum Gasteiger partial charge on any atom is -0.308 e. The molecule has 3 aromatic rings. The van der Waals surface area contributed by atoms with Crippen molar-refractivity contribution >= 4 is 33.2 Å². The van der Waals surface area contributed by atoms with Gasteiger partial charge < -0.3 is 4.90 Å². The highest BCUT2D eigenvalue weighted by molar-refractivity contribution is 7.89. The Kier molecular flexibility index (Phi) is 6.38. The fourth-order valence-corrected chi connectivity index (χ4v) is 5.69. The lowest BCUT2D eigenvalue weighted by atomic mass is 10.1. The summed E-state index contributed by atoms with van der Waals surface area (Å²) in [6.07, 6.45) is 0.751. The van der Waals surface area contributed by atoms with Crippen molar-refractivity contribution in [2.45, 2.75) is 37.8 Å². The molecule has 0 N–H and O–H groups in total. The standard InChI is InChI=1S/C25H25ClN2O3S/c1-18-10-12-23(13-11-18)32(30,31)27(16-20-6-5-8-22(26)15-20)17-25(29)28-19(2)14-21-7-3-4-9-24(21)28/h3-13,15,19H,14,16-17H2,1-2H3/t19-/m1/s1. The van der Waals surface area contributed by atoms with Crippen LogP contribution in [0, 0.1) is 6.92 Å². The topological polar surface area (TPSA) is 57.7 Å². The number of hydrogen-bond acceptors (Lipinski definition) is 3. The van der Waals surface area contributed by atoms with Crippen molar-refractivity contribution in [1.82, 2.24) is 4.31 Å². The molecule has 0 unspecified atom stereocenters. The summed E-state index contributed by atoms with van der Waals surface area (Å²) in [5.41, 5.74) is 3.62. The van der Waals surface area contributed by atoms with Crippen molar-refractivity contribution in [3.8, 4) is 0 Å². The molecule has 1 amide bonds. The first-order chi connectivity index (χ1) is 15.3. The van der Waals surface area contributed by atoms with Crippen molar-refractivity contribution in [3.05, 3.63) is 94.5 Å². The van der Waals surface area contributed by atoms with E-state index in [4.69, 9.17) is 11.6 Å². The number of carbonyl (C=O) groups is 1. The zero-order valence-electron chi connectivity index (χ0n) is 18.0. The number of halogens is 1. The second-order valence-corrected chi connectivity index (χ2v) is 10.5. The number of fused-ring (bicyclic) bond motifs is 1. The zero-order chi connectivity index (χ0) is 22.9. The van der Waals surface area contributed by atoms with Crippen LogP contribution in [-0.2, 0) is 27.8 Å². The minimum atomic E-state index is -3.91. The Bertz CT molecular complexity index is 1240. The Morgan fingerprint density at radius 1 is 1.06 bits per heavy atom. The van der Waals surface area contributed by atoms with Crippen LogP contribution in [0.3, 0.4) is 0 Å². The van der Waals surface area contributed by atoms with Crippen LogP contribution in [0.4, 0.5) is 5.69 Å². The lowest BCUT2D eigenvalue weighted by Crippen LogP contribution is -2.44. The van der Waals surface area contributed by atoms with Crippen LogP contribution in [0.5, 0.6) is 0 Å². The van der Waals surface area contributed by atoms with Crippen LogP contribution in [0.25, 0.3) is 0 Å². The van der Waals surface area contributed by atoms with E-state index in [1.807, 2.05) is 44.2 Å². The number of benzene rings is 3. The monoisotopic (exact) mass is 468 g/mol. The van der Waals surface area contributed by atoms with Crippen LogP contribution in [0.15, 0.2) is 77.7 Å². The molecule has 0 aliphatic carbocycles. The third-order valence-corrected chi connectivity index (χ3v) is 7.74. The van der Waals surface area contributed by atoms with Gasteiger partial charge in [0.05, 0.1) is 11.4 Å². The summed E-state index contributed by atoms with van der Waals surface area (Å²) in [6.45, 7) is 3.66. The predicted octanol–water partition coefficient (Wildman–Crippen LogP) is 4.82. The van der Waals surface area contributed by atoms with Crippen LogP contribution in [0.1, 0.15) is 23.6 Å². The fourth-order valence-electron chi connectivity index (χ4n) is 4.10. The normalized spacial score (nSPS) is 15.8. The SMILES string of the molecule is Cc1ccc(S(=O)(=O)N(CC(=O)N2c3ccccc3C[C@H]2C)Cc2cccc(Cl)c2)cc1. The van der Waals surface area contributed by atoms with E-state index in [9.17, 15) is 13.2 Å². The maximum Gasteiger partial charge on any atom is 0.243 e. The van der Waals surface area contributed by atoms with Crippen molar-refractivity contribution in [2.24, 2.45) is 0 Å². The third kappa shape index (κ3) is 4.58.